The lowest BCUT2D eigenvalue weighted by atomic mass is 9.99. The third-order valence-electron chi connectivity index (χ3n) is 6.51. The van der Waals surface area contributed by atoms with Gasteiger partial charge >= 0.3 is 12.1 Å². The number of carboxylic acids is 1. The van der Waals surface area contributed by atoms with Crippen molar-refractivity contribution in [1.82, 2.24) is 10.3 Å². The van der Waals surface area contributed by atoms with Crippen molar-refractivity contribution in [2.24, 2.45) is 0 Å². The van der Waals surface area contributed by atoms with Crippen molar-refractivity contribution in [2.45, 2.75) is 28.9 Å². The lowest BCUT2D eigenvalue weighted by Crippen LogP contribution is -2.27. The number of benzene rings is 4. The van der Waals surface area contributed by atoms with Gasteiger partial charge in [-0.1, -0.05) is 54.2 Å². The number of rotatable bonds is 7. The van der Waals surface area contributed by atoms with E-state index >= 15 is 0 Å². The van der Waals surface area contributed by atoms with Gasteiger partial charge in [0.05, 0.1) is 22.7 Å². The number of aromatic amines is 1. The van der Waals surface area contributed by atoms with E-state index in [2.05, 4.69) is 10.3 Å². The lowest BCUT2D eigenvalue weighted by Gasteiger charge is -2.16. The first-order valence-corrected chi connectivity index (χ1v) is 13.1. The zero-order chi connectivity index (χ0) is 28.4. The number of fused-ring (bicyclic) bond motifs is 1. The summed E-state index contributed by atoms with van der Waals surface area (Å²) in [5.74, 6) is -1.37. The van der Waals surface area contributed by atoms with Crippen LogP contribution in [0.2, 0.25) is 0 Å². The number of nitrogens with one attached hydrogen (secondary N) is 2. The Morgan fingerprint density at radius 1 is 0.900 bits per heavy atom. The lowest BCUT2D eigenvalue weighted by molar-refractivity contribution is -0.137. The highest BCUT2D eigenvalue weighted by molar-refractivity contribution is 7.99. The zero-order valence-corrected chi connectivity index (χ0v) is 21.9. The van der Waals surface area contributed by atoms with Crippen molar-refractivity contribution in [3.8, 4) is 11.1 Å². The third kappa shape index (κ3) is 5.74. The minimum absolute atomic E-state index is 0.150. The van der Waals surface area contributed by atoms with E-state index in [9.17, 15) is 22.8 Å². The van der Waals surface area contributed by atoms with Crippen molar-refractivity contribution in [3.05, 3.63) is 119 Å². The normalized spacial score (nSPS) is 12.3. The quantitative estimate of drug-likeness (QED) is 0.187. The number of carbonyl (C=O) groups excluding carboxylic acids is 1. The average molecular weight is 561 g/mol. The Balaban J connectivity index is 1.52. The van der Waals surface area contributed by atoms with Crippen LogP contribution in [0.3, 0.4) is 0 Å². The van der Waals surface area contributed by atoms with Gasteiger partial charge in [-0.3, -0.25) is 4.79 Å². The van der Waals surface area contributed by atoms with Gasteiger partial charge in [0.15, 0.2) is 0 Å². The molecule has 0 radical (unpaired) electrons. The second-order valence-corrected chi connectivity index (χ2v) is 10.3. The highest BCUT2D eigenvalue weighted by Gasteiger charge is 2.30. The predicted octanol–water partition coefficient (Wildman–Crippen LogP) is 8.19. The molecule has 0 fully saturated rings. The van der Waals surface area contributed by atoms with Crippen LogP contribution in [0.4, 0.5) is 13.2 Å². The molecule has 202 valence electrons. The molecule has 3 N–H and O–H groups in total. The SMILES string of the molecule is C[C@H](NC(=O)c1cc(-c2ccccc2)cc2[nH]cc(Sc3ccc(C(F)(F)F)cc3)c12)c1ccc(C(=O)O)cc1. The fourth-order valence-electron chi connectivity index (χ4n) is 4.40. The molecule has 0 aliphatic heterocycles. The molecule has 1 atom stereocenters. The first kappa shape index (κ1) is 27.1. The molecule has 0 aliphatic carbocycles. The second-order valence-electron chi connectivity index (χ2n) is 9.21. The van der Waals surface area contributed by atoms with Crippen LogP contribution in [0, 0.1) is 0 Å². The van der Waals surface area contributed by atoms with Crippen LogP contribution < -0.4 is 5.32 Å². The summed E-state index contributed by atoms with van der Waals surface area (Å²) >= 11 is 1.26. The molecule has 4 aromatic carbocycles. The summed E-state index contributed by atoms with van der Waals surface area (Å²) in [5, 5.41) is 12.8. The summed E-state index contributed by atoms with van der Waals surface area (Å²) in [7, 11) is 0. The van der Waals surface area contributed by atoms with E-state index in [1.165, 1.54) is 36.0 Å². The molecule has 5 rings (SSSR count). The van der Waals surface area contributed by atoms with E-state index in [1.54, 1.807) is 31.3 Å². The number of H-pyrrole nitrogens is 1. The first-order valence-electron chi connectivity index (χ1n) is 12.3. The molecule has 5 nitrogen and oxygen atoms in total. The Labute approximate surface area is 232 Å². The van der Waals surface area contributed by atoms with Crippen molar-refractivity contribution in [3.63, 3.8) is 0 Å². The molecule has 0 saturated carbocycles. The molecule has 0 unspecified atom stereocenters. The Morgan fingerprint density at radius 3 is 2.20 bits per heavy atom. The monoisotopic (exact) mass is 560 g/mol. The molecule has 1 heterocycles. The maximum absolute atomic E-state index is 13.7. The maximum Gasteiger partial charge on any atom is 0.416 e. The molecule has 40 heavy (non-hydrogen) atoms. The van der Waals surface area contributed by atoms with Crippen LogP contribution >= 0.6 is 11.8 Å². The maximum atomic E-state index is 13.7. The van der Waals surface area contributed by atoms with Gasteiger partial charge in [0.2, 0.25) is 0 Å². The highest BCUT2D eigenvalue weighted by atomic mass is 32.2. The van der Waals surface area contributed by atoms with Crippen LogP contribution in [0.25, 0.3) is 22.0 Å². The Hall–Kier alpha value is -4.50. The van der Waals surface area contributed by atoms with E-state index in [1.807, 2.05) is 36.4 Å². The Kier molecular flexibility index (Phi) is 7.40. The minimum Gasteiger partial charge on any atom is -0.478 e. The van der Waals surface area contributed by atoms with Gasteiger partial charge < -0.3 is 15.4 Å². The number of aromatic carboxylic acids is 1. The highest BCUT2D eigenvalue weighted by Crippen LogP contribution is 2.39. The number of hydrogen-bond donors (Lipinski definition) is 3. The van der Waals surface area contributed by atoms with Gasteiger partial charge in [-0.05, 0) is 72.1 Å². The number of aromatic nitrogens is 1. The summed E-state index contributed by atoms with van der Waals surface area (Å²) in [6.07, 6.45) is -2.68. The van der Waals surface area contributed by atoms with E-state index < -0.39 is 23.8 Å². The van der Waals surface area contributed by atoms with Gasteiger partial charge in [0, 0.05) is 26.9 Å². The van der Waals surface area contributed by atoms with E-state index in [0.29, 0.717) is 26.3 Å². The smallest absolute Gasteiger partial charge is 0.416 e. The van der Waals surface area contributed by atoms with Crippen LogP contribution in [0.1, 0.15) is 44.8 Å². The number of carboxylic acid groups (broad SMARTS) is 1. The molecule has 0 bridgehead atoms. The summed E-state index contributed by atoms with van der Waals surface area (Å²) in [5.41, 5.74) is 3.01. The fraction of sp³-hybridized carbons (Fsp3) is 0.0968. The van der Waals surface area contributed by atoms with Crippen molar-refractivity contribution in [2.75, 3.05) is 0 Å². The summed E-state index contributed by atoms with van der Waals surface area (Å²) in [4.78, 5) is 29.4. The molecule has 9 heteroatoms. The summed E-state index contributed by atoms with van der Waals surface area (Å²) in [6, 6.07) is 24.1. The Morgan fingerprint density at radius 2 is 1.57 bits per heavy atom. The van der Waals surface area contributed by atoms with Crippen molar-refractivity contribution < 1.29 is 27.9 Å². The van der Waals surface area contributed by atoms with Gasteiger partial charge in [-0.25, -0.2) is 4.79 Å². The topological polar surface area (TPSA) is 82.2 Å². The van der Waals surface area contributed by atoms with Crippen LogP contribution in [-0.4, -0.2) is 22.0 Å². The predicted molar refractivity (Wildman–Crippen MR) is 149 cm³/mol. The molecule has 0 spiro atoms. The van der Waals surface area contributed by atoms with E-state index in [4.69, 9.17) is 5.11 Å². The number of carbonyl (C=O) groups is 2. The van der Waals surface area contributed by atoms with Gasteiger partial charge in [0.1, 0.15) is 0 Å². The second kappa shape index (κ2) is 10.9. The Bertz CT molecular complexity index is 1680. The minimum atomic E-state index is -4.42. The average Bonchev–Trinajstić information content (AvgIpc) is 3.35. The molecule has 0 aliphatic rings. The van der Waals surface area contributed by atoms with Crippen LogP contribution in [0.15, 0.2) is 107 Å². The zero-order valence-electron chi connectivity index (χ0n) is 21.1. The van der Waals surface area contributed by atoms with Gasteiger partial charge in [0.25, 0.3) is 5.91 Å². The van der Waals surface area contributed by atoms with Gasteiger partial charge in [-0.15, -0.1) is 0 Å². The number of alkyl halides is 3. The summed E-state index contributed by atoms with van der Waals surface area (Å²) in [6.45, 7) is 1.81. The van der Waals surface area contributed by atoms with E-state index in [0.717, 1.165) is 28.8 Å². The summed E-state index contributed by atoms with van der Waals surface area (Å²) < 4.78 is 39.1. The number of halogens is 3. The standard InChI is InChI=1S/C31H23F3N2O3S/c1-18(19-7-9-21(10-8-19)30(38)39)36-29(37)25-15-22(20-5-3-2-4-6-20)16-26-28(25)27(17-35-26)40-24-13-11-23(12-14-24)31(32,33)34/h2-18,35H,1H3,(H,36,37)(H,38,39)/t18-/m0/s1. The molecule has 1 amide bonds. The largest absolute Gasteiger partial charge is 0.478 e. The van der Waals surface area contributed by atoms with Crippen LogP contribution in [-0.2, 0) is 6.18 Å². The molecule has 1 aromatic heterocycles. The fourth-order valence-corrected chi connectivity index (χ4v) is 5.37. The molecular weight excluding hydrogens is 537 g/mol. The first-order chi connectivity index (χ1) is 19.1. The molecule has 0 saturated heterocycles. The van der Waals surface area contributed by atoms with E-state index in [-0.39, 0.29) is 11.5 Å². The molecule has 5 aromatic rings. The third-order valence-corrected chi connectivity index (χ3v) is 7.56. The van der Waals surface area contributed by atoms with Crippen LogP contribution in [0.5, 0.6) is 0 Å². The molecular formula is C31H23F3N2O3S. The number of hydrogen-bond acceptors (Lipinski definition) is 3. The van der Waals surface area contributed by atoms with Gasteiger partial charge in [-0.2, -0.15) is 13.2 Å². The van der Waals surface area contributed by atoms with Crippen molar-refractivity contribution >= 4 is 34.5 Å². The van der Waals surface area contributed by atoms with Crippen molar-refractivity contribution in [1.29, 1.82) is 0 Å². The number of amides is 1.